The van der Waals surface area contributed by atoms with E-state index in [1.165, 1.54) is 0 Å². The molecule has 0 radical (unpaired) electrons. The molecule has 0 aliphatic carbocycles. The van der Waals surface area contributed by atoms with Crippen molar-refractivity contribution >= 4 is 18.0 Å². The number of halogens is 1. The van der Waals surface area contributed by atoms with Crippen molar-refractivity contribution in [1.29, 1.82) is 0 Å². The van der Waals surface area contributed by atoms with Gasteiger partial charge in [-0.2, -0.15) is 0 Å². The molecule has 5 heteroatoms. The number of alkyl halides is 1. The van der Waals surface area contributed by atoms with E-state index in [4.69, 9.17) is 16.4 Å². The van der Waals surface area contributed by atoms with E-state index in [9.17, 15) is 9.90 Å². The van der Waals surface area contributed by atoms with Crippen molar-refractivity contribution in [2.45, 2.75) is 25.2 Å². The van der Waals surface area contributed by atoms with Crippen molar-refractivity contribution in [3.63, 3.8) is 0 Å². The summed E-state index contributed by atoms with van der Waals surface area (Å²) in [4.78, 5) is 17.0. The summed E-state index contributed by atoms with van der Waals surface area (Å²) >= 11 is 5.78. The van der Waals surface area contributed by atoms with Gasteiger partial charge in [0.15, 0.2) is 0 Å². The van der Waals surface area contributed by atoms with Crippen LogP contribution in [-0.4, -0.2) is 34.6 Å². The fourth-order valence-electron chi connectivity index (χ4n) is 2.28. The number of hydrogen-bond acceptors (Lipinski definition) is 3. The molecule has 0 spiro atoms. The molecule has 1 amide bonds. The molecule has 0 fully saturated rings. The number of aliphatic hydroxyl groups is 1. The predicted molar refractivity (Wildman–Crippen MR) is 89.8 cm³/mol. The minimum absolute atomic E-state index is 0.0243. The van der Waals surface area contributed by atoms with E-state index in [-0.39, 0.29) is 12.5 Å². The van der Waals surface area contributed by atoms with Gasteiger partial charge >= 0.3 is 0 Å². The summed E-state index contributed by atoms with van der Waals surface area (Å²) in [7, 11) is 0. The molecule has 0 aliphatic heterocycles. The van der Waals surface area contributed by atoms with Crippen LogP contribution in [0.3, 0.4) is 0 Å². The molecular weight excluding hydrogens is 314 g/mol. The number of carbonyl (C=O) groups excluding carboxylic acids is 1. The smallest absolute Gasteiger partial charge is 0.233 e. The summed E-state index contributed by atoms with van der Waals surface area (Å²) in [6.45, 7) is 0.250. The maximum Gasteiger partial charge on any atom is 0.233 e. The molecule has 2 aromatic rings. The highest BCUT2D eigenvalue weighted by atomic mass is 35.5. The van der Waals surface area contributed by atoms with Crippen LogP contribution in [0.25, 0.3) is 0 Å². The third-order valence-electron chi connectivity index (χ3n) is 3.54. The number of nitrogens with zero attached hydrogens (tertiary/aromatic N) is 1. The second-order valence-corrected chi connectivity index (χ2v) is 5.51. The predicted octanol–water partition coefficient (Wildman–Crippen LogP) is 2.79. The number of aliphatic hydroxyl groups excluding tert-OH is 1. The lowest BCUT2D eigenvalue weighted by Gasteiger charge is -2.30. The third-order valence-corrected chi connectivity index (χ3v) is 3.86. The monoisotopic (exact) mass is 333 g/mol. The Hall–Kier alpha value is -1.88. The zero-order valence-corrected chi connectivity index (χ0v) is 13.5. The molecule has 2 atom stereocenters. The lowest BCUT2D eigenvalue weighted by molar-refractivity contribution is -0.203. The Morgan fingerprint density at radius 3 is 2.13 bits per heavy atom. The maximum atomic E-state index is 11.4. The molecule has 0 aliphatic rings. The van der Waals surface area contributed by atoms with Crippen LogP contribution in [-0.2, 0) is 22.7 Å². The van der Waals surface area contributed by atoms with E-state index in [1.54, 1.807) is 0 Å². The van der Waals surface area contributed by atoms with E-state index >= 15 is 0 Å². The quantitative estimate of drug-likeness (QED) is 0.436. The fourth-order valence-corrected chi connectivity index (χ4v) is 2.49. The Kier molecular flexibility index (Phi) is 7.07. The van der Waals surface area contributed by atoms with Gasteiger partial charge in [-0.25, -0.2) is 5.06 Å². The zero-order chi connectivity index (χ0) is 16.5. The lowest BCUT2D eigenvalue weighted by Crippen LogP contribution is -2.45. The van der Waals surface area contributed by atoms with Gasteiger partial charge in [0.1, 0.15) is 6.61 Å². The van der Waals surface area contributed by atoms with Crippen molar-refractivity contribution in [3.8, 4) is 0 Å². The summed E-state index contributed by atoms with van der Waals surface area (Å²) in [6.07, 6.45) is 0.173. The van der Waals surface area contributed by atoms with Gasteiger partial charge < -0.3 is 5.11 Å². The summed E-state index contributed by atoms with van der Waals surface area (Å²) in [5.74, 6) is 0.0243. The Morgan fingerprint density at radius 1 is 1.04 bits per heavy atom. The molecule has 0 bridgehead atoms. The first-order valence-corrected chi connectivity index (χ1v) is 7.96. The van der Waals surface area contributed by atoms with E-state index in [0.29, 0.717) is 12.8 Å². The molecule has 2 unspecified atom stereocenters. The van der Waals surface area contributed by atoms with Crippen LogP contribution in [0.1, 0.15) is 11.1 Å². The number of carbonyl (C=O) groups is 1. The molecule has 1 N–H and O–H groups in total. The standard InChI is InChI=1S/C18H20ClNO3/c19-12-18(22)17(11-15-7-3-1-4-8-15)20(14-21)23-13-16-9-5-2-6-10-16/h1-10,14,17-18,22H,11-13H2. The van der Waals surface area contributed by atoms with Gasteiger partial charge in [-0.1, -0.05) is 60.7 Å². The molecular formula is C18H20ClNO3. The average molecular weight is 334 g/mol. The first kappa shape index (κ1) is 17.5. The van der Waals surface area contributed by atoms with Crippen molar-refractivity contribution < 1.29 is 14.7 Å². The molecule has 2 aromatic carbocycles. The summed E-state index contributed by atoms with van der Waals surface area (Å²) in [6, 6.07) is 18.6. The summed E-state index contributed by atoms with van der Waals surface area (Å²) in [5, 5.41) is 11.3. The zero-order valence-electron chi connectivity index (χ0n) is 12.7. The first-order chi connectivity index (χ1) is 11.2. The maximum absolute atomic E-state index is 11.4. The van der Waals surface area contributed by atoms with E-state index in [2.05, 4.69) is 0 Å². The molecule has 4 nitrogen and oxygen atoms in total. The summed E-state index contributed by atoms with van der Waals surface area (Å²) in [5.41, 5.74) is 1.94. The van der Waals surface area contributed by atoms with Crippen LogP contribution in [0, 0.1) is 0 Å². The Bertz CT molecular complexity index is 579. The van der Waals surface area contributed by atoms with E-state index < -0.39 is 12.1 Å². The van der Waals surface area contributed by atoms with Crippen molar-refractivity contribution in [2.75, 3.05) is 5.88 Å². The molecule has 122 valence electrons. The number of hydroxylamine groups is 2. The Balaban J connectivity index is 2.06. The second-order valence-electron chi connectivity index (χ2n) is 5.20. The number of benzene rings is 2. The molecule has 2 rings (SSSR count). The molecule has 23 heavy (non-hydrogen) atoms. The van der Waals surface area contributed by atoms with E-state index in [0.717, 1.165) is 16.2 Å². The van der Waals surface area contributed by atoms with Crippen LogP contribution < -0.4 is 0 Å². The van der Waals surface area contributed by atoms with Crippen molar-refractivity contribution in [2.24, 2.45) is 0 Å². The van der Waals surface area contributed by atoms with Crippen molar-refractivity contribution in [3.05, 3.63) is 71.8 Å². The Morgan fingerprint density at radius 2 is 1.61 bits per heavy atom. The number of rotatable bonds is 9. The van der Waals surface area contributed by atoms with Gasteiger partial charge in [-0.05, 0) is 17.5 Å². The van der Waals surface area contributed by atoms with Gasteiger partial charge in [0.05, 0.1) is 18.0 Å². The average Bonchev–Trinajstić information content (AvgIpc) is 2.62. The van der Waals surface area contributed by atoms with Gasteiger partial charge in [0, 0.05) is 0 Å². The molecule has 0 saturated heterocycles. The highest BCUT2D eigenvalue weighted by Gasteiger charge is 2.26. The topological polar surface area (TPSA) is 49.8 Å². The van der Waals surface area contributed by atoms with Gasteiger partial charge in [0.25, 0.3) is 0 Å². The van der Waals surface area contributed by atoms with Crippen LogP contribution in [0.2, 0.25) is 0 Å². The van der Waals surface area contributed by atoms with Crippen LogP contribution >= 0.6 is 11.6 Å². The third kappa shape index (κ3) is 5.36. The SMILES string of the molecule is O=CN(OCc1ccccc1)C(Cc1ccccc1)C(O)CCl. The number of hydrogen-bond donors (Lipinski definition) is 1. The summed E-state index contributed by atoms with van der Waals surface area (Å²) < 4.78 is 0. The highest BCUT2D eigenvalue weighted by Crippen LogP contribution is 2.15. The van der Waals surface area contributed by atoms with Gasteiger partial charge in [0.2, 0.25) is 6.41 Å². The minimum atomic E-state index is -0.877. The first-order valence-electron chi connectivity index (χ1n) is 7.43. The van der Waals surface area contributed by atoms with Crippen molar-refractivity contribution in [1.82, 2.24) is 5.06 Å². The molecule has 0 saturated carbocycles. The highest BCUT2D eigenvalue weighted by molar-refractivity contribution is 6.18. The van der Waals surface area contributed by atoms with Crippen LogP contribution in [0.15, 0.2) is 60.7 Å². The lowest BCUT2D eigenvalue weighted by atomic mass is 10.0. The van der Waals surface area contributed by atoms with Crippen LogP contribution in [0.5, 0.6) is 0 Å². The largest absolute Gasteiger partial charge is 0.390 e. The minimum Gasteiger partial charge on any atom is -0.390 e. The second kappa shape index (κ2) is 9.30. The van der Waals surface area contributed by atoms with Crippen LogP contribution in [0.4, 0.5) is 0 Å². The normalized spacial score (nSPS) is 13.3. The van der Waals surface area contributed by atoms with E-state index in [1.807, 2.05) is 60.7 Å². The fraction of sp³-hybridized carbons (Fsp3) is 0.278. The van der Waals surface area contributed by atoms with Gasteiger partial charge in [-0.15, -0.1) is 11.6 Å². The molecule has 0 aromatic heterocycles. The van der Waals surface area contributed by atoms with Gasteiger partial charge in [-0.3, -0.25) is 9.63 Å². The molecule has 0 heterocycles. The number of amides is 1. The Labute approximate surface area is 141 Å².